The van der Waals surface area contributed by atoms with E-state index in [0.29, 0.717) is 0 Å². The maximum absolute atomic E-state index is 13.8. The van der Waals surface area contributed by atoms with Crippen LogP contribution in [0.25, 0.3) is 11.1 Å². The van der Waals surface area contributed by atoms with Crippen molar-refractivity contribution in [3.63, 3.8) is 0 Å². The molecular formula is C29H33FO2Si. The molecule has 0 spiro atoms. The van der Waals surface area contributed by atoms with E-state index in [1.54, 1.807) is 7.11 Å². The summed E-state index contributed by atoms with van der Waals surface area (Å²) in [6.07, 6.45) is 0.815. The topological polar surface area (TPSA) is 18.5 Å². The lowest BCUT2D eigenvalue weighted by Crippen LogP contribution is -2.41. The third-order valence-corrected chi connectivity index (χ3v) is 11.6. The number of methoxy groups -OCH3 is 1. The van der Waals surface area contributed by atoms with E-state index in [4.69, 9.17) is 9.16 Å². The first-order chi connectivity index (χ1) is 15.6. The molecule has 0 N–H and O–H groups in total. The fraction of sp³-hybridized carbons (Fsp3) is 0.310. The van der Waals surface area contributed by atoms with Gasteiger partial charge < -0.3 is 9.16 Å². The molecule has 0 amide bonds. The average Bonchev–Trinajstić information content (AvgIpc) is 3.12. The van der Waals surface area contributed by atoms with Crippen molar-refractivity contribution in [2.75, 3.05) is 7.11 Å². The molecule has 0 bridgehead atoms. The van der Waals surface area contributed by atoms with Crippen LogP contribution >= 0.6 is 0 Å². The highest BCUT2D eigenvalue weighted by Crippen LogP contribution is 2.50. The first-order valence-corrected chi connectivity index (χ1v) is 14.4. The largest absolute Gasteiger partial charge is 0.497 e. The third kappa shape index (κ3) is 4.68. The van der Waals surface area contributed by atoms with Crippen LogP contribution in [-0.4, -0.2) is 15.4 Å². The Labute approximate surface area is 198 Å². The molecule has 1 aliphatic rings. The molecule has 4 heteroatoms. The molecule has 3 aromatic rings. The summed E-state index contributed by atoms with van der Waals surface area (Å²) in [4.78, 5) is 0. The van der Waals surface area contributed by atoms with Gasteiger partial charge in [0.05, 0.1) is 13.2 Å². The number of rotatable bonds is 5. The lowest BCUT2D eigenvalue weighted by molar-refractivity contribution is 0.195. The Morgan fingerprint density at radius 3 is 2.03 bits per heavy atom. The minimum absolute atomic E-state index is 0.0192. The summed E-state index contributed by atoms with van der Waals surface area (Å²) in [5.74, 6) is 0.581. The van der Waals surface area contributed by atoms with E-state index in [1.165, 1.54) is 28.8 Å². The summed E-state index contributed by atoms with van der Waals surface area (Å²) in [5.41, 5.74) is 6.90. The second-order valence-corrected chi connectivity index (χ2v) is 15.0. The van der Waals surface area contributed by atoms with Crippen molar-refractivity contribution >= 4 is 19.5 Å². The zero-order chi connectivity index (χ0) is 23.8. The molecule has 0 saturated heterocycles. The Balaban J connectivity index is 1.88. The molecule has 1 atom stereocenters. The van der Waals surface area contributed by atoms with Crippen LogP contribution in [-0.2, 0) is 4.43 Å². The lowest BCUT2D eigenvalue weighted by Gasteiger charge is -2.38. The summed E-state index contributed by atoms with van der Waals surface area (Å²) in [6.45, 7) is 11.4. The van der Waals surface area contributed by atoms with Crippen LogP contribution in [0.5, 0.6) is 5.75 Å². The van der Waals surface area contributed by atoms with Crippen LogP contribution in [0.4, 0.5) is 4.39 Å². The second-order valence-electron chi connectivity index (χ2n) is 10.2. The molecular weight excluding hydrogens is 427 g/mol. The van der Waals surface area contributed by atoms with E-state index in [0.717, 1.165) is 28.9 Å². The molecule has 2 nitrogen and oxygen atoms in total. The van der Waals surface area contributed by atoms with Gasteiger partial charge in [-0.1, -0.05) is 69.3 Å². The minimum Gasteiger partial charge on any atom is -0.497 e. The molecule has 0 aliphatic heterocycles. The van der Waals surface area contributed by atoms with Gasteiger partial charge in [0.15, 0.2) is 8.32 Å². The Kier molecular flexibility index (Phi) is 6.34. The van der Waals surface area contributed by atoms with Gasteiger partial charge in [0, 0.05) is 6.42 Å². The van der Waals surface area contributed by atoms with Crippen molar-refractivity contribution in [1.82, 2.24) is 0 Å². The lowest BCUT2D eigenvalue weighted by atomic mass is 9.90. The highest BCUT2D eigenvalue weighted by atomic mass is 28.4. The Morgan fingerprint density at radius 1 is 0.879 bits per heavy atom. The van der Waals surface area contributed by atoms with Gasteiger partial charge in [-0.3, -0.25) is 0 Å². The number of halogens is 1. The molecule has 1 unspecified atom stereocenters. The van der Waals surface area contributed by atoms with Crippen LogP contribution in [0.1, 0.15) is 55.5 Å². The molecule has 172 valence electrons. The van der Waals surface area contributed by atoms with Crippen molar-refractivity contribution in [2.45, 2.75) is 51.4 Å². The second kappa shape index (κ2) is 8.92. The summed E-state index contributed by atoms with van der Waals surface area (Å²) in [7, 11) is -0.299. The molecule has 1 aliphatic carbocycles. The predicted molar refractivity (Wildman–Crippen MR) is 137 cm³/mol. The standard InChI is InChI=1S/C29H33FO2Si/c1-29(2,3)33(5,6)32-27-19-26(24-9-7-8-10-25(24)27)28(20-11-15-22(30)16-12-20)21-13-17-23(31-4)18-14-21/h7-18,27H,19H2,1-6H3/b28-26-. The summed E-state index contributed by atoms with van der Waals surface area (Å²) >= 11 is 0. The number of ether oxygens (including phenoxy) is 1. The third-order valence-electron chi connectivity index (χ3n) is 7.08. The quantitative estimate of drug-likeness (QED) is 0.357. The summed E-state index contributed by atoms with van der Waals surface area (Å²) in [6, 6.07) is 23.5. The van der Waals surface area contributed by atoms with Crippen LogP contribution in [0.15, 0.2) is 72.8 Å². The van der Waals surface area contributed by atoms with E-state index in [1.807, 2.05) is 24.3 Å². The van der Waals surface area contributed by atoms with E-state index in [-0.39, 0.29) is 17.0 Å². The van der Waals surface area contributed by atoms with Crippen LogP contribution in [0.3, 0.4) is 0 Å². The van der Waals surface area contributed by atoms with Crippen molar-refractivity contribution in [3.05, 3.63) is 101 Å². The highest BCUT2D eigenvalue weighted by molar-refractivity contribution is 6.74. The molecule has 0 saturated carbocycles. The molecule has 0 heterocycles. The smallest absolute Gasteiger partial charge is 0.192 e. The van der Waals surface area contributed by atoms with Crippen LogP contribution in [0.2, 0.25) is 18.1 Å². The van der Waals surface area contributed by atoms with Crippen LogP contribution < -0.4 is 4.74 Å². The van der Waals surface area contributed by atoms with Crippen molar-refractivity contribution in [3.8, 4) is 5.75 Å². The maximum Gasteiger partial charge on any atom is 0.192 e. The Morgan fingerprint density at radius 2 is 1.45 bits per heavy atom. The minimum atomic E-state index is -1.97. The molecule has 0 aromatic heterocycles. The van der Waals surface area contributed by atoms with E-state index in [9.17, 15) is 4.39 Å². The average molecular weight is 461 g/mol. The number of hydrogen-bond acceptors (Lipinski definition) is 2. The monoisotopic (exact) mass is 460 g/mol. The van der Waals surface area contributed by atoms with Gasteiger partial charge in [-0.25, -0.2) is 4.39 Å². The predicted octanol–water partition coefficient (Wildman–Crippen LogP) is 8.26. The van der Waals surface area contributed by atoms with Gasteiger partial charge in [0.25, 0.3) is 0 Å². The van der Waals surface area contributed by atoms with Gasteiger partial charge >= 0.3 is 0 Å². The van der Waals surface area contributed by atoms with Crippen molar-refractivity contribution < 1.29 is 13.6 Å². The zero-order valence-corrected chi connectivity index (χ0v) is 21.4. The van der Waals surface area contributed by atoms with E-state index < -0.39 is 8.32 Å². The number of fused-ring (bicyclic) bond motifs is 1. The van der Waals surface area contributed by atoms with Gasteiger partial charge in [-0.15, -0.1) is 0 Å². The van der Waals surface area contributed by atoms with Crippen LogP contribution in [0, 0.1) is 5.82 Å². The SMILES string of the molecule is COc1ccc(/C(=C2/CC(O[Si](C)(C)C(C)(C)C)c3ccccc32)c2ccc(F)cc2)cc1. The first kappa shape index (κ1) is 23.5. The van der Waals surface area contributed by atoms with Gasteiger partial charge in [0.1, 0.15) is 11.6 Å². The molecule has 3 aromatic carbocycles. The zero-order valence-electron chi connectivity index (χ0n) is 20.4. The van der Waals surface area contributed by atoms with E-state index in [2.05, 4.69) is 70.3 Å². The number of hydrogen-bond donors (Lipinski definition) is 0. The number of benzene rings is 3. The van der Waals surface area contributed by atoms with Crippen molar-refractivity contribution in [1.29, 1.82) is 0 Å². The Bertz CT molecular complexity index is 1160. The fourth-order valence-electron chi connectivity index (χ4n) is 4.22. The Hall–Kier alpha value is -2.69. The maximum atomic E-state index is 13.8. The molecule has 4 rings (SSSR count). The van der Waals surface area contributed by atoms with Gasteiger partial charge in [-0.2, -0.15) is 0 Å². The fourth-order valence-corrected chi connectivity index (χ4v) is 5.50. The van der Waals surface area contributed by atoms with Gasteiger partial charge in [0.2, 0.25) is 0 Å². The molecule has 0 radical (unpaired) electrons. The summed E-state index contributed by atoms with van der Waals surface area (Å²) < 4.78 is 26.1. The molecule has 33 heavy (non-hydrogen) atoms. The highest BCUT2D eigenvalue weighted by Gasteiger charge is 2.41. The first-order valence-electron chi connectivity index (χ1n) is 11.5. The molecule has 0 fully saturated rings. The normalized spacial score (nSPS) is 17.6. The van der Waals surface area contributed by atoms with Gasteiger partial charge in [-0.05, 0) is 75.8 Å². The van der Waals surface area contributed by atoms with E-state index >= 15 is 0 Å². The van der Waals surface area contributed by atoms with Crippen molar-refractivity contribution in [2.24, 2.45) is 0 Å². The summed E-state index contributed by atoms with van der Waals surface area (Å²) in [5, 5.41) is 0.129.